The van der Waals surface area contributed by atoms with Crippen LogP contribution in [-0.4, -0.2) is 81.9 Å². The van der Waals surface area contributed by atoms with E-state index in [2.05, 4.69) is 0 Å². The lowest BCUT2D eigenvalue weighted by atomic mass is 9.76. The van der Waals surface area contributed by atoms with Crippen molar-refractivity contribution < 1.29 is 61.1 Å². The molecule has 0 bridgehead atoms. The highest BCUT2D eigenvalue weighted by Crippen LogP contribution is 2.57. The van der Waals surface area contributed by atoms with Crippen LogP contribution in [0.15, 0.2) is 47.4 Å². The lowest BCUT2D eigenvalue weighted by molar-refractivity contribution is -0.348. The number of amides is 1. The Hall–Kier alpha value is -2.86. The zero-order valence-corrected chi connectivity index (χ0v) is 25.6. The number of sulfone groups is 1. The molecule has 2 atom stereocenters. The van der Waals surface area contributed by atoms with E-state index in [0.717, 1.165) is 39.7 Å². The minimum atomic E-state index is -6.42. The SMILES string of the molecule is CS(=O)(=O)N1CCC(F)(C(=O)N2CC[C@@]3(S(=O)(=O)c4ccc(F)cc4)c4ccc(C(F)(C(F)(F)F)C(F)(F)F)cc4CC[C@@H]23)CC1. The number of halogens is 9. The number of carbonyl (C=O) groups is 1. The van der Waals surface area contributed by atoms with Gasteiger partial charge in [-0.1, -0.05) is 18.2 Å². The summed E-state index contributed by atoms with van der Waals surface area (Å²) >= 11 is 0. The summed E-state index contributed by atoms with van der Waals surface area (Å²) in [5.41, 5.74) is -10.8. The minimum Gasteiger partial charge on any atom is -0.335 e. The summed E-state index contributed by atoms with van der Waals surface area (Å²) in [6.07, 6.45) is -14.3. The van der Waals surface area contributed by atoms with E-state index in [1.54, 1.807) is 0 Å². The van der Waals surface area contributed by atoms with Crippen LogP contribution < -0.4 is 0 Å². The van der Waals surface area contributed by atoms with E-state index in [-0.39, 0.29) is 36.7 Å². The van der Waals surface area contributed by atoms with Gasteiger partial charge in [-0.05, 0) is 54.7 Å². The average Bonchev–Trinajstić information content (AvgIpc) is 3.36. The van der Waals surface area contributed by atoms with E-state index >= 15 is 4.39 Å². The maximum absolute atomic E-state index is 16.2. The van der Waals surface area contributed by atoms with Crippen LogP contribution in [-0.2, 0) is 41.5 Å². The van der Waals surface area contributed by atoms with Crippen molar-refractivity contribution in [2.45, 2.75) is 71.5 Å². The van der Waals surface area contributed by atoms with Gasteiger partial charge in [0.15, 0.2) is 15.5 Å². The number of nitrogens with zero attached hydrogens (tertiary/aromatic N) is 2. The highest BCUT2D eigenvalue weighted by atomic mass is 32.2. The molecule has 2 heterocycles. The Morgan fingerprint density at radius 1 is 0.848 bits per heavy atom. The second kappa shape index (κ2) is 10.8. The predicted molar refractivity (Wildman–Crippen MR) is 145 cm³/mol. The van der Waals surface area contributed by atoms with Crippen LogP contribution in [0, 0.1) is 5.82 Å². The molecule has 46 heavy (non-hydrogen) atoms. The molecule has 2 fully saturated rings. The summed E-state index contributed by atoms with van der Waals surface area (Å²) < 4.78 is 178. The van der Waals surface area contributed by atoms with Crippen LogP contribution >= 0.6 is 0 Å². The molecule has 3 aliphatic rings. The van der Waals surface area contributed by atoms with E-state index in [0.29, 0.717) is 12.1 Å². The number of rotatable bonds is 5. The number of aryl methyl sites for hydroxylation is 1. The van der Waals surface area contributed by atoms with Gasteiger partial charge in [0, 0.05) is 38.0 Å². The van der Waals surface area contributed by atoms with Gasteiger partial charge in [0.05, 0.1) is 17.2 Å². The van der Waals surface area contributed by atoms with Crippen LogP contribution in [0.4, 0.5) is 39.5 Å². The van der Waals surface area contributed by atoms with Crippen LogP contribution in [0.5, 0.6) is 0 Å². The molecule has 2 aliphatic heterocycles. The van der Waals surface area contributed by atoms with Gasteiger partial charge < -0.3 is 4.90 Å². The largest absolute Gasteiger partial charge is 0.435 e. The third kappa shape index (κ3) is 5.09. The molecule has 2 saturated heterocycles. The molecular weight excluding hydrogens is 679 g/mol. The van der Waals surface area contributed by atoms with Gasteiger partial charge in [-0.15, -0.1) is 0 Å². The fourth-order valence-corrected chi connectivity index (χ4v) is 10.2. The van der Waals surface area contributed by atoms with Crippen molar-refractivity contribution in [3.05, 3.63) is 65.0 Å². The van der Waals surface area contributed by atoms with Crippen molar-refractivity contribution in [3.63, 3.8) is 0 Å². The molecule has 0 spiro atoms. The maximum Gasteiger partial charge on any atom is 0.435 e. The summed E-state index contributed by atoms with van der Waals surface area (Å²) in [6.45, 7) is -1.08. The second-order valence-electron chi connectivity index (χ2n) is 11.8. The number of piperidine rings is 1. The molecular formula is C28H27F9N2O5S2. The molecule has 7 nitrogen and oxygen atoms in total. The lowest BCUT2D eigenvalue weighted by Gasteiger charge is -2.44. The molecule has 0 unspecified atom stereocenters. The summed E-state index contributed by atoms with van der Waals surface area (Å²) in [5, 5.41) is 0. The van der Waals surface area contributed by atoms with Crippen molar-refractivity contribution in [2.24, 2.45) is 0 Å². The Morgan fingerprint density at radius 2 is 1.41 bits per heavy atom. The smallest absolute Gasteiger partial charge is 0.335 e. The van der Waals surface area contributed by atoms with E-state index in [1.807, 2.05) is 0 Å². The van der Waals surface area contributed by atoms with E-state index in [4.69, 9.17) is 0 Å². The highest BCUT2D eigenvalue weighted by molar-refractivity contribution is 7.92. The number of hydrogen-bond donors (Lipinski definition) is 0. The van der Waals surface area contributed by atoms with Gasteiger partial charge in [0.2, 0.25) is 10.0 Å². The second-order valence-corrected chi connectivity index (χ2v) is 16.0. The first-order valence-electron chi connectivity index (χ1n) is 13.9. The third-order valence-electron chi connectivity index (χ3n) is 9.30. The molecule has 254 valence electrons. The maximum atomic E-state index is 16.2. The average molecular weight is 707 g/mol. The van der Waals surface area contributed by atoms with Gasteiger partial charge in [-0.25, -0.2) is 34.3 Å². The summed E-state index contributed by atoms with van der Waals surface area (Å²) in [7, 11) is -8.45. The molecule has 1 aliphatic carbocycles. The van der Waals surface area contributed by atoms with Crippen LogP contribution in [0.3, 0.4) is 0 Å². The normalized spacial score (nSPS) is 24.4. The first-order valence-corrected chi connectivity index (χ1v) is 17.3. The number of sulfonamides is 1. The Bertz CT molecular complexity index is 1740. The van der Waals surface area contributed by atoms with E-state index < -0.39 is 109 Å². The third-order valence-corrected chi connectivity index (χ3v) is 13.1. The van der Waals surface area contributed by atoms with Gasteiger partial charge in [-0.3, -0.25) is 4.79 Å². The quantitative estimate of drug-likeness (QED) is 0.319. The monoisotopic (exact) mass is 706 g/mol. The molecule has 5 rings (SSSR count). The number of alkyl halides is 8. The first-order chi connectivity index (χ1) is 21.0. The van der Waals surface area contributed by atoms with Gasteiger partial charge in [-0.2, -0.15) is 26.3 Å². The lowest BCUT2D eigenvalue weighted by Crippen LogP contribution is -2.58. The number of benzene rings is 2. The highest BCUT2D eigenvalue weighted by Gasteiger charge is 2.74. The summed E-state index contributed by atoms with van der Waals surface area (Å²) in [6, 6.07) is 3.24. The van der Waals surface area contributed by atoms with Crippen molar-refractivity contribution in [1.29, 1.82) is 0 Å². The van der Waals surface area contributed by atoms with Crippen LogP contribution in [0.1, 0.15) is 42.4 Å². The zero-order valence-electron chi connectivity index (χ0n) is 23.9. The number of carbonyl (C=O) groups excluding carboxylic acids is 1. The topological polar surface area (TPSA) is 91.8 Å². The summed E-state index contributed by atoms with van der Waals surface area (Å²) in [5.74, 6) is -1.96. The molecule has 2 aromatic rings. The minimum absolute atomic E-state index is 0.201. The molecule has 1 amide bonds. The van der Waals surface area contributed by atoms with E-state index in [9.17, 15) is 56.8 Å². The van der Waals surface area contributed by atoms with Crippen LogP contribution in [0.2, 0.25) is 0 Å². The predicted octanol–water partition coefficient (Wildman–Crippen LogP) is 5.10. The molecule has 18 heteroatoms. The van der Waals surface area contributed by atoms with Crippen molar-refractivity contribution in [1.82, 2.24) is 9.21 Å². The molecule has 0 N–H and O–H groups in total. The molecule has 0 radical (unpaired) electrons. The number of fused-ring (bicyclic) bond motifs is 3. The Balaban J connectivity index is 1.63. The zero-order chi connectivity index (χ0) is 34.3. The van der Waals surface area contributed by atoms with Crippen LogP contribution in [0.25, 0.3) is 0 Å². The molecule has 0 aromatic heterocycles. The van der Waals surface area contributed by atoms with Crippen molar-refractivity contribution in [2.75, 3.05) is 25.9 Å². The number of hydrogen-bond acceptors (Lipinski definition) is 5. The fraction of sp³-hybridized carbons (Fsp3) is 0.536. The standard InChI is InChI=1S/C28H27F9N2O5S2/c1-45(41,42)38-13-10-24(30,11-14-38)23(40)39-15-12-25(46(43,44)20-6-4-19(29)5-7-20)21-8-3-18(16-17(21)2-9-22(25)39)26(31,27(32,33)34)28(35,36)37/h3-8,16,22H,2,9-15H2,1H3/t22-,25-/m1/s1. The van der Waals surface area contributed by atoms with Crippen molar-refractivity contribution >= 4 is 25.8 Å². The van der Waals surface area contributed by atoms with Gasteiger partial charge in [0.25, 0.3) is 5.91 Å². The number of likely N-dealkylation sites (tertiary alicyclic amines) is 1. The molecule has 2 aromatic carbocycles. The van der Waals surface area contributed by atoms with E-state index in [1.165, 1.54) is 0 Å². The molecule has 0 saturated carbocycles. The fourth-order valence-electron chi connectivity index (χ4n) is 6.94. The Morgan fingerprint density at radius 3 is 1.93 bits per heavy atom. The summed E-state index contributed by atoms with van der Waals surface area (Å²) in [4.78, 5) is 14.2. The Labute approximate surface area is 258 Å². The van der Waals surface area contributed by atoms with Crippen molar-refractivity contribution in [3.8, 4) is 0 Å². The van der Waals surface area contributed by atoms with Gasteiger partial charge in [0.1, 0.15) is 10.6 Å². The van der Waals surface area contributed by atoms with Gasteiger partial charge >= 0.3 is 18.0 Å². The Kier molecular flexibility index (Phi) is 8.12. The first kappa shape index (κ1) is 34.5.